The Morgan fingerprint density at radius 1 is 0.897 bits per heavy atom. The number of benzene rings is 2. The average molecular weight is 390 g/mol. The topological polar surface area (TPSA) is 78.9 Å². The number of hydrogen-bond donors (Lipinski definition) is 3. The van der Waals surface area contributed by atoms with E-state index in [1.807, 2.05) is 43.3 Å². The lowest BCUT2D eigenvalue weighted by atomic mass is 9.86. The van der Waals surface area contributed by atoms with E-state index in [1.165, 1.54) is 12.5 Å². The molecule has 1 aromatic heterocycles. The quantitative estimate of drug-likeness (QED) is 0.535. The molecule has 3 N–H and O–H groups in total. The molecule has 0 bridgehead atoms. The Morgan fingerprint density at radius 3 is 2.21 bits per heavy atom. The van der Waals surface area contributed by atoms with Crippen molar-refractivity contribution in [3.63, 3.8) is 0 Å². The highest BCUT2D eigenvalue weighted by molar-refractivity contribution is 5.88. The predicted octanol–water partition coefficient (Wildman–Crippen LogP) is 5.53. The van der Waals surface area contributed by atoms with Gasteiger partial charge in [-0.05, 0) is 48.2 Å². The van der Waals surface area contributed by atoms with E-state index in [0.29, 0.717) is 5.95 Å². The fourth-order valence-electron chi connectivity index (χ4n) is 3.04. The van der Waals surface area contributed by atoms with Crippen molar-refractivity contribution in [2.45, 2.75) is 40.0 Å². The van der Waals surface area contributed by atoms with Crippen LogP contribution in [0, 0.1) is 6.92 Å². The Morgan fingerprint density at radius 2 is 1.55 bits per heavy atom. The van der Waals surface area contributed by atoms with Gasteiger partial charge in [-0.1, -0.05) is 39.0 Å². The van der Waals surface area contributed by atoms with E-state index in [1.54, 1.807) is 0 Å². The summed E-state index contributed by atoms with van der Waals surface area (Å²) in [7, 11) is 0. The van der Waals surface area contributed by atoms with Gasteiger partial charge in [0.2, 0.25) is 11.9 Å². The van der Waals surface area contributed by atoms with Gasteiger partial charge in [-0.3, -0.25) is 4.79 Å². The third-order valence-electron chi connectivity index (χ3n) is 4.31. The van der Waals surface area contributed by atoms with Crippen LogP contribution in [0.4, 0.5) is 28.8 Å². The summed E-state index contributed by atoms with van der Waals surface area (Å²) < 4.78 is 0. The van der Waals surface area contributed by atoms with Crippen LogP contribution in [0.15, 0.2) is 54.6 Å². The molecule has 6 heteroatoms. The monoisotopic (exact) mass is 389 g/mol. The molecule has 2 aromatic carbocycles. The number of nitrogens with zero attached hydrogens (tertiary/aromatic N) is 2. The summed E-state index contributed by atoms with van der Waals surface area (Å²) in [5, 5.41) is 9.41. The molecule has 1 amide bonds. The predicted molar refractivity (Wildman–Crippen MR) is 119 cm³/mol. The molecule has 0 aliphatic heterocycles. The number of amides is 1. The van der Waals surface area contributed by atoms with Gasteiger partial charge >= 0.3 is 0 Å². The molecule has 0 saturated heterocycles. The normalized spacial score (nSPS) is 11.1. The lowest BCUT2D eigenvalue weighted by molar-refractivity contribution is -0.114. The molecule has 0 spiro atoms. The largest absolute Gasteiger partial charge is 0.340 e. The van der Waals surface area contributed by atoms with Gasteiger partial charge in [0.15, 0.2) is 0 Å². The Kier molecular flexibility index (Phi) is 5.82. The van der Waals surface area contributed by atoms with Crippen molar-refractivity contribution >= 4 is 34.7 Å². The fraction of sp³-hybridized carbons (Fsp3) is 0.261. The number of anilines is 5. The molecule has 0 radical (unpaired) electrons. The van der Waals surface area contributed by atoms with Crippen LogP contribution in [0.2, 0.25) is 0 Å². The first-order valence-corrected chi connectivity index (χ1v) is 9.57. The van der Waals surface area contributed by atoms with Crippen LogP contribution in [0.3, 0.4) is 0 Å². The van der Waals surface area contributed by atoms with E-state index in [9.17, 15) is 4.79 Å². The summed E-state index contributed by atoms with van der Waals surface area (Å²) in [6.07, 6.45) is 0. The van der Waals surface area contributed by atoms with Crippen LogP contribution in [0.5, 0.6) is 0 Å². The second kappa shape index (κ2) is 8.31. The molecule has 0 saturated carbocycles. The van der Waals surface area contributed by atoms with Gasteiger partial charge in [0, 0.05) is 35.7 Å². The summed E-state index contributed by atoms with van der Waals surface area (Å²) in [4.78, 5) is 20.2. The van der Waals surface area contributed by atoms with Gasteiger partial charge in [0.25, 0.3) is 0 Å². The van der Waals surface area contributed by atoms with Crippen LogP contribution in [0.25, 0.3) is 0 Å². The van der Waals surface area contributed by atoms with Crippen LogP contribution in [-0.2, 0) is 10.2 Å². The number of hydrogen-bond acceptors (Lipinski definition) is 5. The van der Waals surface area contributed by atoms with E-state index in [4.69, 9.17) is 0 Å². The molecule has 1 heterocycles. The lowest BCUT2D eigenvalue weighted by Gasteiger charge is -2.23. The first-order valence-electron chi connectivity index (χ1n) is 9.57. The standard InChI is InChI=1S/C23H27N5O/c1-15-14-21(27-20-9-7-6-8-19(20)23(3,4)5)28-22(24-15)26-18-12-10-17(11-13-18)25-16(2)29/h6-14H,1-5H3,(H,25,29)(H2,24,26,27,28). The maximum atomic E-state index is 11.1. The second-order valence-corrected chi connectivity index (χ2v) is 8.02. The summed E-state index contributed by atoms with van der Waals surface area (Å²) in [6.45, 7) is 10.00. The molecule has 0 unspecified atom stereocenters. The van der Waals surface area contributed by atoms with Crippen molar-refractivity contribution in [1.82, 2.24) is 9.97 Å². The van der Waals surface area contributed by atoms with Crippen molar-refractivity contribution < 1.29 is 4.79 Å². The number of carbonyl (C=O) groups excluding carboxylic acids is 1. The SMILES string of the molecule is CC(=O)Nc1ccc(Nc2nc(C)cc(Nc3ccccc3C(C)(C)C)n2)cc1. The third-order valence-corrected chi connectivity index (χ3v) is 4.31. The number of para-hydroxylation sites is 1. The Hall–Kier alpha value is -3.41. The summed E-state index contributed by atoms with van der Waals surface area (Å²) in [5.74, 6) is 1.14. The summed E-state index contributed by atoms with van der Waals surface area (Å²) >= 11 is 0. The van der Waals surface area contributed by atoms with Gasteiger partial charge in [0.1, 0.15) is 5.82 Å². The zero-order valence-corrected chi connectivity index (χ0v) is 17.5. The zero-order chi connectivity index (χ0) is 21.0. The van der Waals surface area contributed by atoms with E-state index < -0.39 is 0 Å². The van der Waals surface area contributed by atoms with Crippen LogP contribution in [0.1, 0.15) is 39.0 Å². The van der Waals surface area contributed by atoms with Crippen LogP contribution >= 0.6 is 0 Å². The maximum absolute atomic E-state index is 11.1. The molecular formula is C23H27N5O. The molecule has 0 aliphatic carbocycles. The first-order chi connectivity index (χ1) is 13.7. The molecule has 3 aromatic rings. The molecule has 0 fully saturated rings. The van der Waals surface area contributed by atoms with Gasteiger partial charge < -0.3 is 16.0 Å². The number of carbonyl (C=O) groups is 1. The van der Waals surface area contributed by atoms with Gasteiger partial charge in [-0.2, -0.15) is 4.98 Å². The molecule has 6 nitrogen and oxygen atoms in total. The lowest BCUT2D eigenvalue weighted by Crippen LogP contribution is -2.14. The summed E-state index contributed by atoms with van der Waals surface area (Å²) in [6, 6.07) is 17.6. The second-order valence-electron chi connectivity index (χ2n) is 8.02. The van der Waals surface area contributed by atoms with E-state index in [2.05, 4.69) is 64.9 Å². The summed E-state index contributed by atoms with van der Waals surface area (Å²) in [5.41, 5.74) is 4.71. The highest BCUT2D eigenvalue weighted by atomic mass is 16.1. The van der Waals surface area contributed by atoms with Crippen LogP contribution in [-0.4, -0.2) is 15.9 Å². The van der Waals surface area contributed by atoms with Crippen molar-refractivity contribution in [1.29, 1.82) is 0 Å². The minimum absolute atomic E-state index is 0.0163. The van der Waals surface area contributed by atoms with Crippen molar-refractivity contribution in [2.75, 3.05) is 16.0 Å². The van der Waals surface area contributed by atoms with Gasteiger partial charge in [-0.15, -0.1) is 0 Å². The minimum Gasteiger partial charge on any atom is -0.340 e. The maximum Gasteiger partial charge on any atom is 0.229 e. The van der Waals surface area contributed by atoms with Gasteiger partial charge in [0.05, 0.1) is 0 Å². The van der Waals surface area contributed by atoms with Gasteiger partial charge in [-0.25, -0.2) is 4.98 Å². The number of nitrogens with one attached hydrogen (secondary N) is 3. The minimum atomic E-state index is -0.0982. The molecule has 0 atom stereocenters. The highest BCUT2D eigenvalue weighted by Gasteiger charge is 2.18. The molecular weight excluding hydrogens is 362 g/mol. The molecule has 29 heavy (non-hydrogen) atoms. The smallest absolute Gasteiger partial charge is 0.229 e. The first kappa shape index (κ1) is 20.3. The van der Waals surface area contributed by atoms with E-state index in [0.717, 1.165) is 28.6 Å². The number of aromatic nitrogens is 2. The fourth-order valence-corrected chi connectivity index (χ4v) is 3.04. The Labute approximate surface area is 171 Å². The molecule has 0 aliphatic rings. The Balaban J connectivity index is 1.81. The van der Waals surface area contributed by atoms with Crippen molar-refractivity contribution in [3.05, 3.63) is 65.9 Å². The van der Waals surface area contributed by atoms with Crippen molar-refractivity contribution in [2.24, 2.45) is 0 Å². The van der Waals surface area contributed by atoms with Crippen molar-refractivity contribution in [3.8, 4) is 0 Å². The average Bonchev–Trinajstić information content (AvgIpc) is 2.62. The van der Waals surface area contributed by atoms with E-state index in [-0.39, 0.29) is 11.3 Å². The number of rotatable bonds is 5. The van der Waals surface area contributed by atoms with Crippen LogP contribution < -0.4 is 16.0 Å². The van der Waals surface area contributed by atoms with E-state index >= 15 is 0 Å². The zero-order valence-electron chi connectivity index (χ0n) is 17.5. The number of aryl methyl sites for hydroxylation is 1. The molecule has 3 rings (SSSR count). The molecule has 150 valence electrons. The Bertz CT molecular complexity index is 1010. The highest BCUT2D eigenvalue weighted by Crippen LogP contribution is 2.31. The third kappa shape index (κ3) is 5.54.